The number of fused-ring (bicyclic) bond motifs is 2. The van der Waals surface area contributed by atoms with E-state index in [2.05, 4.69) is 29.1 Å². The topological polar surface area (TPSA) is 59.6 Å². The number of carbonyl (C=O) groups excluding carboxylic acids is 1. The molecule has 1 amide bonds. The summed E-state index contributed by atoms with van der Waals surface area (Å²) in [5.74, 6) is 0.370. The fraction of sp³-hybridized carbons (Fsp3) is 0.450. The van der Waals surface area contributed by atoms with E-state index >= 15 is 0 Å². The molecule has 25 heavy (non-hydrogen) atoms. The second-order valence-corrected chi connectivity index (χ2v) is 7.08. The van der Waals surface area contributed by atoms with Crippen LogP contribution in [0.3, 0.4) is 0 Å². The second-order valence-electron chi connectivity index (χ2n) is 7.08. The van der Waals surface area contributed by atoms with E-state index in [1.165, 1.54) is 5.57 Å². The summed E-state index contributed by atoms with van der Waals surface area (Å²) in [7, 11) is 2.08. The SMILES string of the molecule is CCN(CC)C(=O)[C@@H]1C=C2c3cccc4[nH]c(O)c(c34)C[C@H]2N(C)C1. The third-order valence-electron chi connectivity index (χ3n) is 5.76. The van der Waals surface area contributed by atoms with Crippen LogP contribution >= 0.6 is 0 Å². The molecule has 2 aromatic rings. The van der Waals surface area contributed by atoms with Crippen LogP contribution < -0.4 is 0 Å². The minimum atomic E-state index is -0.111. The van der Waals surface area contributed by atoms with Gasteiger partial charge in [-0.1, -0.05) is 18.2 Å². The Morgan fingerprint density at radius 2 is 2.12 bits per heavy atom. The summed E-state index contributed by atoms with van der Waals surface area (Å²) in [5.41, 5.74) is 4.32. The van der Waals surface area contributed by atoms with Gasteiger partial charge in [0.1, 0.15) is 0 Å². The number of nitrogens with zero attached hydrogens (tertiary/aromatic N) is 2. The number of nitrogens with one attached hydrogen (secondary N) is 1. The average molecular weight is 339 g/mol. The summed E-state index contributed by atoms with van der Waals surface area (Å²) >= 11 is 0. The highest BCUT2D eigenvalue weighted by Crippen LogP contribution is 2.43. The van der Waals surface area contributed by atoms with Gasteiger partial charge in [-0.05, 0) is 44.5 Å². The molecule has 0 unspecified atom stereocenters. The number of aromatic amines is 1. The molecule has 5 nitrogen and oxygen atoms in total. The van der Waals surface area contributed by atoms with Crippen LogP contribution in [0.25, 0.3) is 16.5 Å². The first-order valence-corrected chi connectivity index (χ1v) is 9.08. The molecule has 2 atom stereocenters. The lowest BCUT2D eigenvalue weighted by Crippen LogP contribution is -2.47. The first kappa shape index (κ1) is 16.2. The van der Waals surface area contributed by atoms with Crippen LogP contribution in [0, 0.1) is 5.92 Å². The number of aromatic hydroxyl groups is 1. The maximum Gasteiger partial charge on any atom is 0.230 e. The van der Waals surface area contributed by atoms with Gasteiger partial charge in [-0.15, -0.1) is 0 Å². The molecular formula is C20H25N3O2. The lowest BCUT2D eigenvalue weighted by Gasteiger charge is -2.40. The molecule has 0 fully saturated rings. The summed E-state index contributed by atoms with van der Waals surface area (Å²) in [6, 6.07) is 6.32. The predicted molar refractivity (Wildman–Crippen MR) is 99.5 cm³/mol. The normalized spacial score (nSPS) is 22.6. The monoisotopic (exact) mass is 339 g/mol. The average Bonchev–Trinajstić information content (AvgIpc) is 2.93. The van der Waals surface area contributed by atoms with Crippen molar-refractivity contribution in [3.63, 3.8) is 0 Å². The Bertz CT molecular complexity index is 863. The number of likely N-dealkylation sites (N-methyl/N-ethyl adjacent to an activating group) is 1. The van der Waals surface area contributed by atoms with Crippen LogP contribution in [-0.4, -0.2) is 58.5 Å². The number of benzene rings is 1. The molecule has 1 aliphatic carbocycles. The van der Waals surface area contributed by atoms with Gasteiger partial charge >= 0.3 is 0 Å². The van der Waals surface area contributed by atoms with Crippen molar-refractivity contribution in [2.24, 2.45) is 5.92 Å². The van der Waals surface area contributed by atoms with Crippen LogP contribution in [0.1, 0.15) is 25.0 Å². The number of rotatable bonds is 3. The zero-order valence-electron chi connectivity index (χ0n) is 15.0. The molecule has 1 aromatic heterocycles. The van der Waals surface area contributed by atoms with E-state index in [-0.39, 0.29) is 23.7 Å². The number of hydrogen-bond donors (Lipinski definition) is 2. The van der Waals surface area contributed by atoms with E-state index in [1.54, 1.807) is 0 Å². The van der Waals surface area contributed by atoms with E-state index in [4.69, 9.17) is 0 Å². The fourth-order valence-corrected chi connectivity index (χ4v) is 4.45. The number of aromatic nitrogens is 1. The number of H-pyrrole nitrogens is 1. The summed E-state index contributed by atoms with van der Waals surface area (Å²) in [4.78, 5) is 20.1. The molecule has 0 saturated carbocycles. The van der Waals surface area contributed by atoms with Crippen molar-refractivity contribution in [2.45, 2.75) is 26.3 Å². The summed E-state index contributed by atoms with van der Waals surface area (Å²) in [5, 5.41) is 11.4. The van der Waals surface area contributed by atoms with Gasteiger partial charge in [0.15, 0.2) is 5.88 Å². The largest absolute Gasteiger partial charge is 0.494 e. The predicted octanol–water partition coefficient (Wildman–Crippen LogP) is 2.61. The standard InChI is InChI=1S/C20H25N3O2/c1-4-23(5-2)20(25)12-9-14-13-7-6-8-16-18(13)15(19(24)21-16)10-17(14)22(3)11-12/h6-9,12,17,21,24H,4-5,10-11H2,1-3H3/t12-,17-/m1/s1. The Hall–Kier alpha value is -2.27. The first-order chi connectivity index (χ1) is 12.0. The van der Waals surface area contributed by atoms with Crippen molar-refractivity contribution in [3.05, 3.63) is 35.4 Å². The molecular weight excluding hydrogens is 314 g/mol. The number of amides is 1. The molecule has 1 aromatic carbocycles. The van der Waals surface area contributed by atoms with Crippen molar-refractivity contribution in [2.75, 3.05) is 26.7 Å². The van der Waals surface area contributed by atoms with Gasteiger partial charge in [0.2, 0.25) is 5.91 Å². The molecule has 0 radical (unpaired) electrons. The van der Waals surface area contributed by atoms with Crippen LogP contribution in [-0.2, 0) is 11.2 Å². The lowest BCUT2D eigenvalue weighted by molar-refractivity contribution is -0.134. The Morgan fingerprint density at radius 3 is 2.84 bits per heavy atom. The molecule has 5 heteroatoms. The highest BCUT2D eigenvalue weighted by molar-refractivity contribution is 6.00. The molecule has 132 valence electrons. The van der Waals surface area contributed by atoms with E-state index < -0.39 is 0 Å². The number of carbonyl (C=O) groups is 1. The van der Waals surface area contributed by atoms with E-state index in [0.29, 0.717) is 0 Å². The molecule has 0 saturated heterocycles. The van der Waals surface area contributed by atoms with Crippen LogP contribution in [0.5, 0.6) is 5.88 Å². The Balaban J connectivity index is 1.83. The van der Waals surface area contributed by atoms with Gasteiger partial charge < -0.3 is 15.0 Å². The van der Waals surface area contributed by atoms with Gasteiger partial charge in [0, 0.05) is 42.1 Å². The summed E-state index contributed by atoms with van der Waals surface area (Å²) in [6.45, 7) is 6.27. The van der Waals surface area contributed by atoms with E-state index in [1.807, 2.05) is 30.9 Å². The minimum Gasteiger partial charge on any atom is -0.494 e. The van der Waals surface area contributed by atoms with Gasteiger partial charge in [-0.25, -0.2) is 0 Å². The summed E-state index contributed by atoms with van der Waals surface area (Å²) in [6.07, 6.45) is 2.95. The second kappa shape index (κ2) is 5.92. The highest BCUT2D eigenvalue weighted by atomic mass is 16.3. The Kier molecular flexibility index (Phi) is 3.84. The third-order valence-corrected chi connectivity index (χ3v) is 5.76. The van der Waals surface area contributed by atoms with E-state index in [9.17, 15) is 9.90 Å². The van der Waals surface area contributed by atoms with Crippen LogP contribution in [0.2, 0.25) is 0 Å². The van der Waals surface area contributed by atoms with Crippen molar-refractivity contribution in [1.29, 1.82) is 0 Å². The van der Waals surface area contributed by atoms with Gasteiger partial charge in [-0.2, -0.15) is 0 Å². The lowest BCUT2D eigenvalue weighted by atomic mass is 9.79. The highest BCUT2D eigenvalue weighted by Gasteiger charge is 2.37. The number of hydrogen-bond acceptors (Lipinski definition) is 3. The first-order valence-electron chi connectivity index (χ1n) is 9.08. The molecule has 2 heterocycles. The molecule has 2 N–H and O–H groups in total. The zero-order valence-corrected chi connectivity index (χ0v) is 15.0. The maximum atomic E-state index is 12.9. The van der Waals surface area contributed by atoms with Crippen LogP contribution in [0.4, 0.5) is 0 Å². The molecule has 4 rings (SSSR count). The van der Waals surface area contributed by atoms with Crippen molar-refractivity contribution in [1.82, 2.24) is 14.8 Å². The van der Waals surface area contributed by atoms with Crippen molar-refractivity contribution < 1.29 is 9.90 Å². The third kappa shape index (κ3) is 2.37. The summed E-state index contributed by atoms with van der Waals surface area (Å²) < 4.78 is 0. The molecule has 0 spiro atoms. The van der Waals surface area contributed by atoms with Crippen molar-refractivity contribution >= 4 is 22.4 Å². The van der Waals surface area contributed by atoms with Crippen molar-refractivity contribution in [3.8, 4) is 5.88 Å². The smallest absolute Gasteiger partial charge is 0.230 e. The molecule has 1 aliphatic heterocycles. The zero-order chi connectivity index (χ0) is 17.7. The maximum absolute atomic E-state index is 12.9. The fourth-order valence-electron chi connectivity index (χ4n) is 4.45. The quantitative estimate of drug-likeness (QED) is 0.904. The Labute approximate surface area is 147 Å². The van der Waals surface area contributed by atoms with Gasteiger partial charge in [0.25, 0.3) is 0 Å². The van der Waals surface area contributed by atoms with Crippen LogP contribution in [0.15, 0.2) is 24.3 Å². The van der Waals surface area contributed by atoms with Gasteiger partial charge in [0.05, 0.1) is 5.92 Å². The van der Waals surface area contributed by atoms with E-state index in [0.717, 1.165) is 48.1 Å². The molecule has 2 aliphatic rings. The Morgan fingerprint density at radius 1 is 1.36 bits per heavy atom. The minimum absolute atomic E-state index is 0.111. The van der Waals surface area contributed by atoms with Gasteiger partial charge in [-0.3, -0.25) is 9.69 Å². The molecule has 0 bridgehead atoms.